The lowest BCUT2D eigenvalue weighted by atomic mass is 10.4. The predicted molar refractivity (Wildman–Crippen MR) is 52.4 cm³/mol. The number of amides is 1. The molecule has 1 aliphatic rings. The molecular weight excluding hydrogens is 277 g/mol. The van der Waals surface area contributed by atoms with Gasteiger partial charge in [-0.25, -0.2) is 0 Å². The molecule has 1 saturated carbocycles. The zero-order chi connectivity index (χ0) is 13.5. The minimum atomic E-state index is -4.62. The fourth-order valence-corrected chi connectivity index (χ4v) is 1.90. The number of carbonyl (C=O) groups is 1. The molecule has 1 heterocycles. The van der Waals surface area contributed by atoms with E-state index < -0.39 is 34.0 Å². The van der Waals surface area contributed by atoms with Gasteiger partial charge in [0.15, 0.2) is 0 Å². The van der Waals surface area contributed by atoms with Crippen LogP contribution in [-0.4, -0.2) is 27.1 Å². The van der Waals surface area contributed by atoms with E-state index in [0.29, 0.717) is 0 Å². The molecule has 0 aromatic carbocycles. The number of aromatic nitrogens is 2. The number of nitrogens with one attached hydrogen (secondary N) is 1. The lowest BCUT2D eigenvalue weighted by molar-refractivity contribution is -0.497. The van der Waals surface area contributed by atoms with Crippen LogP contribution in [0.25, 0.3) is 0 Å². The van der Waals surface area contributed by atoms with E-state index in [1.807, 2.05) is 0 Å². The van der Waals surface area contributed by atoms with Gasteiger partial charge < -0.3 is 5.32 Å². The summed E-state index contributed by atoms with van der Waals surface area (Å²) in [4.78, 5) is 21.1. The number of halogens is 3. The van der Waals surface area contributed by atoms with Crippen LogP contribution in [0.1, 0.15) is 11.4 Å². The second-order valence-electron chi connectivity index (χ2n) is 3.59. The fraction of sp³-hybridized carbons (Fsp3) is 0.571. The van der Waals surface area contributed by atoms with E-state index >= 15 is 0 Å². The largest absolute Gasteiger partial charge is 0.445 e. The lowest BCUT2D eigenvalue weighted by Crippen LogP contribution is -2.18. The molecule has 7 nitrogen and oxygen atoms in total. The normalized spacial score (nSPS) is 22.6. The maximum Gasteiger partial charge on any atom is 0.445 e. The van der Waals surface area contributed by atoms with Gasteiger partial charge >= 0.3 is 6.18 Å². The molecule has 0 aliphatic heterocycles. The quantitative estimate of drug-likeness (QED) is 0.662. The van der Waals surface area contributed by atoms with Gasteiger partial charge in [0.25, 0.3) is 0 Å². The highest BCUT2D eigenvalue weighted by molar-refractivity contribution is 7.15. The summed E-state index contributed by atoms with van der Waals surface area (Å²) in [7, 11) is 0. The monoisotopic (exact) mass is 282 g/mol. The van der Waals surface area contributed by atoms with Gasteiger partial charge in [-0.1, -0.05) is 11.3 Å². The summed E-state index contributed by atoms with van der Waals surface area (Å²) in [6.07, 6.45) is -4.53. The molecule has 2 rings (SSSR count). The second kappa shape index (κ2) is 4.15. The van der Waals surface area contributed by atoms with Crippen molar-refractivity contribution in [2.24, 2.45) is 5.92 Å². The van der Waals surface area contributed by atoms with Crippen molar-refractivity contribution in [3.8, 4) is 0 Å². The smallest absolute Gasteiger partial charge is 0.300 e. The average Bonchev–Trinajstić information content (AvgIpc) is 2.91. The van der Waals surface area contributed by atoms with Gasteiger partial charge in [0.1, 0.15) is 5.92 Å². The van der Waals surface area contributed by atoms with Crippen LogP contribution in [0.4, 0.5) is 18.3 Å². The van der Waals surface area contributed by atoms with Crippen molar-refractivity contribution in [2.45, 2.75) is 18.6 Å². The lowest BCUT2D eigenvalue weighted by Gasteiger charge is -1.98. The number of carbonyl (C=O) groups excluding carboxylic acids is 1. The van der Waals surface area contributed by atoms with Crippen LogP contribution < -0.4 is 5.32 Å². The number of hydrogen-bond acceptors (Lipinski definition) is 6. The third-order valence-corrected chi connectivity index (χ3v) is 3.15. The first-order valence-corrected chi connectivity index (χ1v) is 5.45. The maximum absolute atomic E-state index is 12.2. The van der Waals surface area contributed by atoms with Crippen molar-refractivity contribution in [2.75, 3.05) is 5.32 Å². The zero-order valence-corrected chi connectivity index (χ0v) is 9.29. The van der Waals surface area contributed by atoms with Crippen molar-refractivity contribution in [1.29, 1.82) is 0 Å². The number of nitrogens with zero attached hydrogens (tertiary/aromatic N) is 3. The Balaban J connectivity index is 1.97. The van der Waals surface area contributed by atoms with Crippen molar-refractivity contribution < 1.29 is 22.9 Å². The van der Waals surface area contributed by atoms with Gasteiger partial charge in [0.2, 0.25) is 22.1 Å². The van der Waals surface area contributed by atoms with Crippen LogP contribution >= 0.6 is 11.3 Å². The fourth-order valence-electron chi connectivity index (χ4n) is 1.28. The molecule has 1 N–H and O–H groups in total. The van der Waals surface area contributed by atoms with E-state index in [9.17, 15) is 28.1 Å². The Morgan fingerprint density at radius 1 is 1.50 bits per heavy atom. The summed E-state index contributed by atoms with van der Waals surface area (Å²) in [5.41, 5.74) is 0. The average molecular weight is 282 g/mol. The van der Waals surface area contributed by atoms with Gasteiger partial charge in [0.05, 0.1) is 0 Å². The zero-order valence-electron chi connectivity index (χ0n) is 8.47. The first-order valence-electron chi connectivity index (χ1n) is 4.64. The van der Waals surface area contributed by atoms with Gasteiger partial charge in [-0.3, -0.25) is 14.9 Å². The summed E-state index contributed by atoms with van der Waals surface area (Å²) in [6, 6.07) is -0.958. The van der Waals surface area contributed by atoms with Crippen LogP contribution in [-0.2, 0) is 11.0 Å². The Morgan fingerprint density at radius 3 is 2.61 bits per heavy atom. The first-order chi connectivity index (χ1) is 8.29. The van der Waals surface area contributed by atoms with E-state index in [-0.39, 0.29) is 22.9 Å². The van der Waals surface area contributed by atoms with Crippen LogP contribution in [0, 0.1) is 16.0 Å². The molecule has 1 aliphatic carbocycles. The van der Waals surface area contributed by atoms with Gasteiger partial charge in [-0.05, 0) is 0 Å². The van der Waals surface area contributed by atoms with Crippen molar-refractivity contribution in [3.05, 3.63) is 15.1 Å². The molecule has 0 saturated heterocycles. The minimum Gasteiger partial charge on any atom is -0.300 e. The Morgan fingerprint density at radius 2 is 2.17 bits per heavy atom. The van der Waals surface area contributed by atoms with Crippen LogP contribution in [0.5, 0.6) is 0 Å². The third kappa shape index (κ3) is 2.55. The number of alkyl halides is 3. The summed E-state index contributed by atoms with van der Waals surface area (Å²) >= 11 is 0.174. The molecule has 0 radical (unpaired) electrons. The van der Waals surface area contributed by atoms with Crippen LogP contribution in [0.15, 0.2) is 0 Å². The molecule has 0 spiro atoms. The number of anilines is 1. The first kappa shape index (κ1) is 12.7. The SMILES string of the molecule is O=C(Nc1nnc(C(F)(F)F)s1)C1CC1[N+](=O)[O-]. The Kier molecular flexibility index (Phi) is 2.92. The molecule has 2 atom stereocenters. The van der Waals surface area contributed by atoms with Crippen molar-refractivity contribution >= 4 is 22.4 Å². The van der Waals surface area contributed by atoms with E-state index in [1.54, 1.807) is 0 Å². The maximum atomic E-state index is 12.2. The van der Waals surface area contributed by atoms with E-state index in [4.69, 9.17) is 0 Å². The summed E-state index contributed by atoms with van der Waals surface area (Å²) in [5, 5.41) is 16.9. The summed E-state index contributed by atoms with van der Waals surface area (Å²) in [6.45, 7) is 0. The molecule has 0 bridgehead atoms. The van der Waals surface area contributed by atoms with Crippen LogP contribution in [0.2, 0.25) is 0 Å². The topological polar surface area (TPSA) is 98.0 Å². The Bertz CT molecular complexity index is 502. The molecule has 18 heavy (non-hydrogen) atoms. The van der Waals surface area contributed by atoms with E-state index in [1.165, 1.54) is 0 Å². The highest BCUT2D eigenvalue weighted by Crippen LogP contribution is 2.36. The molecule has 2 unspecified atom stereocenters. The number of nitro groups is 1. The number of hydrogen-bond donors (Lipinski definition) is 1. The van der Waals surface area contributed by atoms with Gasteiger partial charge in [-0.15, -0.1) is 10.2 Å². The molecule has 1 amide bonds. The molecular formula is C7H5F3N4O3S. The Hall–Kier alpha value is -1.78. The van der Waals surface area contributed by atoms with Gasteiger partial charge in [0, 0.05) is 11.3 Å². The van der Waals surface area contributed by atoms with E-state index in [2.05, 4.69) is 15.5 Å². The number of rotatable bonds is 3. The molecule has 1 fully saturated rings. The molecule has 1 aromatic heterocycles. The van der Waals surface area contributed by atoms with Crippen molar-refractivity contribution in [3.63, 3.8) is 0 Å². The molecule has 11 heteroatoms. The second-order valence-corrected chi connectivity index (χ2v) is 4.57. The summed E-state index contributed by atoms with van der Waals surface area (Å²) in [5.74, 6) is -1.51. The summed E-state index contributed by atoms with van der Waals surface area (Å²) < 4.78 is 36.6. The Labute approximate surface area is 101 Å². The van der Waals surface area contributed by atoms with Gasteiger partial charge in [-0.2, -0.15) is 13.2 Å². The van der Waals surface area contributed by atoms with Crippen LogP contribution in [0.3, 0.4) is 0 Å². The van der Waals surface area contributed by atoms with E-state index in [0.717, 1.165) is 0 Å². The predicted octanol–water partition coefficient (Wildman–Crippen LogP) is 1.16. The highest BCUT2D eigenvalue weighted by atomic mass is 32.1. The third-order valence-electron chi connectivity index (χ3n) is 2.26. The molecule has 1 aromatic rings. The van der Waals surface area contributed by atoms with Crippen molar-refractivity contribution in [1.82, 2.24) is 10.2 Å². The standard InChI is InChI=1S/C7H5F3N4O3S/c8-7(9,10)5-12-13-6(18-5)11-4(15)2-1-3(2)14(16)17/h2-3H,1H2,(H,11,13,15). The molecule has 98 valence electrons. The highest BCUT2D eigenvalue weighted by Gasteiger charge is 2.53. The minimum absolute atomic E-state index is 0.0871.